The Balaban J connectivity index is 2.23. The van der Waals surface area contributed by atoms with Crippen LogP contribution in [0.4, 0.5) is 0 Å². The van der Waals surface area contributed by atoms with E-state index in [1.165, 1.54) is 11.8 Å². The first kappa shape index (κ1) is 12.5. The maximum atomic E-state index is 9.48. The Kier molecular flexibility index (Phi) is 4.15. The molecule has 0 aliphatic rings. The highest BCUT2D eigenvalue weighted by atomic mass is 79.9. The highest BCUT2D eigenvalue weighted by Gasteiger charge is 2.07. The van der Waals surface area contributed by atoms with Gasteiger partial charge >= 0.3 is 0 Å². The lowest BCUT2D eigenvalue weighted by Gasteiger charge is -2.08. The molecule has 2 aromatic rings. The van der Waals surface area contributed by atoms with E-state index in [4.69, 9.17) is 0 Å². The predicted molar refractivity (Wildman–Crippen MR) is 70.9 cm³/mol. The Hall–Kier alpha value is -0.910. The fourth-order valence-electron chi connectivity index (χ4n) is 1.31. The number of nitrogens with zero attached hydrogens (tertiary/aromatic N) is 2. The van der Waals surface area contributed by atoms with E-state index in [-0.39, 0.29) is 0 Å². The minimum atomic E-state index is -0.457. The van der Waals surface area contributed by atoms with Gasteiger partial charge in [0.05, 0.1) is 12.3 Å². The van der Waals surface area contributed by atoms with Crippen LogP contribution in [0.15, 0.2) is 51.2 Å². The summed E-state index contributed by atoms with van der Waals surface area (Å²) in [5.74, 6) is 0. The first-order valence-corrected chi connectivity index (χ1v) is 6.69. The molecule has 0 spiro atoms. The van der Waals surface area contributed by atoms with Crippen molar-refractivity contribution in [1.29, 1.82) is 0 Å². The summed E-state index contributed by atoms with van der Waals surface area (Å²) in [4.78, 5) is 9.27. The van der Waals surface area contributed by atoms with Crippen LogP contribution in [0, 0.1) is 0 Å². The van der Waals surface area contributed by atoms with Crippen LogP contribution in [0.2, 0.25) is 0 Å². The summed E-state index contributed by atoms with van der Waals surface area (Å²) in [5.41, 5.74) is 0.889. The Labute approximate surface area is 112 Å². The van der Waals surface area contributed by atoms with Crippen LogP contribution in [0.3, 0.4) is 0 Å². The maximum Gasteiger partial charge on any atom is 0.119 e. The number of hydrogen-bond acceptors (Lipinski definition) is 4. The van der Waals surface area contributed by atoms with Crippen molar-refractivity contribution in [3.05, 3.63) is 46.8 Å². The van der Waals surface area contributed by atoms with Gasteiger partial charge < -0.3 is 5.11 Å². The van der Waals surface area contributed by atoms with Crippen molar-refractivity contribution in [2.75, 3.05) is 0 Å². The number of rotatable bonds is 3. The summed E-state index contributed by atoms with van der Waals surface area (Å²) in [5, 5.41) is 10.3. The molecule has 5 heteroatoms. The molecule has 17 heavy (non-hydrogen) atoms. The van der Waals surface area contributed by atoms with Crippen molar-refractivity contribution < 1.29 is 5.11 Å². The van der Waals surface area contributed by atoms with Crippen LogP contribution < -0.4 is 0 Å². The normalized spacial score (nSPS) is 12.4. The maximum absolute atomic E-state index is 9.48. The van der Waals surface area contributed by atoms with Gasteiger partial charge in [-0.3, -0.25) is 4.98 Å². The Morgan fingerprint density at radius 1 is 1.35 bits per heavy atom. The molecule has 0 bridgehead atoms. The average Bonchev–Trinajstić information content (AvgIpc) is 2.33. The van der Waals surface area contributed by atoms with Gasteiger partial charge in [0.25, 0.3) is 0 Å². The van der Waals surface area contributed by atoms with Gasteiger partial charge in [-0.2, -0.15) is 0 Å². The van der Waals surface area contributed by atoms with E-state index < -0.39 is 6.10 Å². The third kappa shape index (κ3) is 3.28. The van der Waals surface area contributed by atoms with Crippen LogP contribution >= 0.6 is 27.7 Å². The first-order chi connectivity index (χ1) is 8.16. The molecule has 0 radical (unpaired) electrons. The zero-order valence-corrected chi connectivity index (χ0v) is 11.6. The quantitative estimate of drug-likeness (QED) is 0.943. The van der Waals surface area contributed by atoms with Gasteiger partial charge in [0.1, 0.15) is 5.03 Å². The minimum Gasteiger partial charge on any atom is -0.389 e. The highest BCUT2D eigenvalue weighted by molar-refractivity contribution is 9.10. The molecule has 0 aliphatic carbocycles. The van der Waals surface area contributed by atoms with E-state index in [0.717, 1.165) is 20.0 Å². The number of benzene rings is 1. The molecule has 0 unspecified atom stereocenters. The third-order valence-corrected chi connectivity index (χ3v) is 4.11. The molecule has 0 saturated heterocycles. The molecule has 1 atom stereocenters. The third-order valence-electron chi connectivity index (χ3n) is 2.19. The van der Waals surface area contributed by atoms with Crippen LogP contribution in [0.25, 0.3) is 0 Å². The van der Waals surface area contributed by atoms with E-state index in [1.54, 1.807) is 25.5 Å². The van der Waals surface area contributed by atoms with E-state index in [9.17, 15) is 5.11 Å². The standard InChI is InChI=1S/C12H11BrN2OS/c1-8(16)9-2-3-11(10(13)6-9)17-12-7-14-4-5-15-12/h2-8,16H,1H3/t8-/m1/s1. The lowest BCUT2D eigenvalue weighted by molar-refractivity contribution is 0.199. The summed E-state index contributed by atoms with van der Waals surface area (Å²) in [6.45, 7) is 1.75. The molecular weight excluding hydrogens is 300 g/mol. The molecule has 0 aliphatic heterocycles. The summed E-state index contributed by atoms with van der Waals surface area (Å²) in [6, 6.07) is 5.79. The van der Waals surface area contributed by atoms with Crippen molar-refractivity contribution in [2.24, 2.45) is 0 Å². The van der Waals surface area contributed by atoms with Crippen LogP contribution in [0.1, 0.15) is 18.6 Å². The molecule has 3 nitrogen and oxygen atoms in total. The van der Waals surface area contributed by atoms with Gasteiger partial charge in [-0.25, -0.2) is 4.98 Å². The summed E-state index contributed by atoms with van der Waals surface area (Å²) in [7, 11) is 0. The number of hydrogen-bond donors (Lipinski definition) is 1. The van der Waals surface area contributed by atoms with Crippen molar-refractivity contribution >= 4 is 27.7 Å². The van der Waals surface area contributed by atoms with E-state index >= 15 is 0 Å². The Bertz CT molecular complexity index is 505. The van der Waals surface area contributed by atoms with Gasteiger partial charge in [0, 0.05) is 21.8 Å². The second kappa shape index (κ2) is 5.62. The fourth-order valence-corrected chi connectivity index (χ4v) is 2.69. The topological polar surface area (TPSA) is 46.0 Å². The number of halogens is 1. The van der Waals surface area contributed by atoms with Gasteiger partial charge in [-0.1, -0.05) is 17.8 Å². The lowest BCUT2D eigenvalue weighted by Crippen LogP contribution is -1.91. The lowest BCUT2D eigenvalue weighted by atomic mass is 10.1. The molecule has 1 heterocycles. The van der Waals surface area contributed by atoms with E-state index in [0.29, 0.717) is 0 Å². The Morgan fingerprint density at radius 3 is 2.76 bits per heavy atom. The molecule has 1 aromatic heterocycles. The summed E-state index contributed by atoms with van der Waals surface area (Å²) in [6.07, 6.45) is 4.58. The van der Waals surface area contributed by atoms with Gasteiger partial charge in [0.2, 0.25) is 0 Å². The second-order valence-electron chi connectivity index (χ2n) is 3.51. The predicted octanol–water partition coefficient (Wildman–Crippen LogP) is 3.44. The van der Waals surface area contributed by atoms with Crippen LogP contribution in [-0.4, -0.2) is 15.1 Å². The molecule has 1 aromatic carbocycles. The van der Waals surface area contributed by atoms with Crippen LogP contribution in [-0.2, 0) is 0 Å². The molecule has 0 amide bonds. The van der Waals surface area contributed by atoms with Crippen molar-refractivity contribution in [1.82, 2.24) is 9.97 Å². The smallest absolute Gasteiger partial charge is 0.119 e. The second-order valence-corrected chi connectivity index (χ2v) is 5.43. The van der Waals surface area contributed by atoms with Crippen molar-refractivity contribution in [2.45, 2.75) is 22.9 Å². The van der Waals surface area contributed by atoms with Gasteiger partial charge in [0.15, 0.2) is 0 Å². The Morgan fingerprint density at radius 2 is 2.18 bits per heavy atom. The number of aromatic nitrogens is 2. The van der Waals surface area contributed by atoms with Crippen LogP contribution in [0.5, 0.6) is 0 Å². The first-order valence-electron chi connectivity index (χ1n) is 5.08. The fraction of sp³-hybridized carbons (Fsp3) is 0.167. The SMILES string of the molecule is C[C@@H](O)c1ccc(Sc2cnccn2)c(Br)c1. The average molecular weight is 311 g/mol. The van der Waals surface area contributed by atoms with Crippen molar-refractivity contribution in [3.8, 4) is 0 Å². The number of aliphatic hydroxyl groups excluding tert-OH is 1. The zero-order valence-electron chi connectivity index (χ0n) is 9.17. The van der Waals surface area contributed by atoms with E-state index in [2.05, 4.69) is 25.9 Å². The monoisotopic (exact) mass is 310 g/mol. The number of aliphatic hydroxyl groups is 1. The summed E-state index contributed by atoms with van der Waals surface area (Å²) < 4.78 is 0.951. The molecule has 0 saturated carbocycles. The highest BCUT2D eigenvalue weighted by Crippen LogP contribution is 2.33. The summed E-state index contributed by atoms with van der Waals surface area (Å²) >= 11 is 5.03. The molecule has 0 fully saturated rings. The molecule has 88 valence electrons. The molecular formula is C12H11BrN2OS. The van der Waals surface area contributed by atoms with Crippen molar-refractivity contribution in [3.63, 3.8) is 0 Å². The van der Waals surface area contributed by atoms with Gasteiger partial charge in [-0.15, -0.1) is 0 Å². The van der Waals surface area contributed by atoms with E-state index in [1.807, 2.05) is 18.2 Å². The minimum absolute atomic E-state index is 0.457. The van der Waals surface area contributed by atoms with Gasteiger partial charge in [-0.05, 0) is 40.5 Å². The largest absolute Gasteiger partial charge is 0.389 e. The molecule has 1 N–H and O–H groups in total. The zero-order chi connectivity index (χ0) is 12.3. The molecule has 2 rings (SSSR count).